The van der Waals surface area contributed by atoms with Crippen LogP contribution in [0.3, 0.4) is 0 Å². The van der Waals surface area contributed by atoms with Gasteiger partial charge in [0.15, 0.2) is 17.0 Å². The monoisotopic (exact) mass is 548 g/mol. The second-order valence-corrected chi connectivity index (χ2v) is 8.13. The lowest BCUT2D eigenvalue weighted by Crippen LogP contribution is -2.28. The van der Waals surface area contributed by atoms with Gasteiger partial charge in [-0.3, -0.25) is 9.88 Å². The minimum Gasteiger partial charge on any atom is -0.388 e. The summed E-state index contributed by atoms with van der Waals surface area (Å²) in [6.07, 6.45) is -3.43. The highest BCUT2D eigenvalue weighted by molar-refractivity contribution is 6.31. The number of carbonyl (C=O) groups excluding carboxylic acids is 2. The minimum atomic E-state index is -4.67. The Bertz CT molecular complexity index is 1490. The van der Waals surface area contributed by atoms with E-state index in [1.165, 1.54) is 12.4 Å². The van der Waals surface area contributed by atoms with E-state index in [2.05, 4.69) is 36.2 Å². The molecule has 0 aliphatic rings. The summed E-state index contributed by atoms with van der Waals surface area (Å²) in [5.74, 6) is 0.376. The van der Waals surface area contributed by atoms with Crippen molar-refractivity contribution in [1.82, 2.24) is 24.8 Å². The highest BCUT2D eigenvalue weighted by Gasteiger charge is 2.33. The number of amides is 4. The van der Waals surface area contributed by atoms with Crippen LogP contribution in [-0.2, 0) is 12.8 Å². The van der Waals surface area contributed by atoms with Gasteiger partial charge in [0.05, 0.1) is 10.6 Å². The first-order chi connectivity index (χ1) is 18.1. The summed E-state index contributed by atoms with van der Waals surface area (Å²) in [4.78, 5) is 36.9. The molecule has 2 aromatic carbocycles. The summed E-state index contributed by atoms with van der Waals surface area (Å²) in [6.45, 7) is 1.72. The van der Waals surface area contributed by atoms with E-state index in [-0.39, 0.29) is 22.8 Å². The van der Waals surface area contributed by atoms with Crippen molar-refractivity contribution in [3.8, 4) is 5.69 Å². The summed E-state index contributed by atoms with van der Waals surface area (Å²) in [7, 11) is 0. The van der Waals surface area contributed by atoms with Gasteiger partial charge in [0, 0.05) is 23.6 Å². The summed E-state index contributed by atoms with van der Waals surface area (Å²) < 4.78 is 40.7. The Balaban J connectivity index is 1.54. The Labute approximate surface area is 218 Å². The molecule has 4 aromatic rings. The Morgan fingerprint density at radius 2 is 1.68 bits per heavy atom. The third kappa shape index (κ3) is 5.76. The van der Waals surface area contributed by atoms with Crippen LogP contribution >= 0.6 is 11.6 Å². The molecule has 4 rings (SSSR count). The Kier molecular flexibility index (Phi) is 7.64. The number of halogens is 4. The number of aliphatic hydroxyl groups excluding tert-OH is 1. The number of hydrogen-bond acceptors (Lipinski definition) is 6. The van der Waals surface area contributed by atoms with E-state index in [1.807, 2.05) is 0 Å². The van der Waals surface area contributed by atoms with E-state index in [9.17, 15) is 27.9 Å². The van der Waals surface area contributed by atoms with Crippen LogP contribution in [0.2, 0.25) is 5.02 Å². The number of benzene rings is 2. The van der Waals surface area contributed by atoms with E-state index in [1.54, 1.807) is 35.8 Å². The number of alkyl halides is 3. The van der Waals surface area contributed by atoms with Gasteiger partial charge in [-0.1, -0.05) is 11.6 Å². The molecule has 2 aromatic heterocycles. The lowest BCUT2D eigenvalue weighted by molar-refractivity contribution is -0.137. The van der Waals surface area contributed by atoms with Crippen LogP contribution in [0.5, 0.6) is 0 Å². The molecular formula is C23H20ClF3N8O3. The van der Waals surface area contributed by atoms with Gasteiger partial charge >= 0.3 is 18.2 Å². The normalized spacial score (nSPS) is 11.3. The van der Waals surface area contributed by atoms with E-state index in [4.69, 9.17) is 11.6 Å². The summed E-state index contributed by atoms with van der Waals surface area (Å²) >= 11 is 5.61. The molecular weight excluding hydrogens is 529 g/mol. The minimum absolute atomic E-state index is 0.0926. The molecule has 2 heterocycles. The maximum atomic E-state index is 13.1. The Morgan fingerprint density at radius 1 is 1.00 bits per heavy atom. The van der Waals surface area contributed by atoms with E-state index in [0.29, 0.717) is 23.6 Å². The van der Waals surface area contributed by atoms with Crippen LogP contribution in [-0.4, -0.2) is 43.2 Å². The molecule has 4 amide bonds. The molecule has 0 bridgehead atoms. The highest BCUT2D eigenvalue weighted by Crippen LogP contribution is 2.36. The van der Waals surface area contributed by atoms with Crippen LogP contribution in [0.1, 0.15) is 18.3 Å². The quantitative estimate of drug-likeness (QED) is 0.235. The molecule has 5 N–H and O–H groups in total. The van der Waals surface area contributed by atoms with Crippen molar-refractivity contribution in [2.45, 2.75) is 19.7 Å². The third-order valence-corrected chi connectivity index (χ3v) is 5.47. The van der Waals surface area contributed by atoms with Gasteiger partial charge in [-0.25, -0.2) is 24.5 Å². The molecule has 0 aliphatic carbocycles. The van der Waals surface area contributed by atoms with Crippen molar-refractivity contribution in [2.24, 2.45) is 0 Å². The molecule has 11 nitrogen and oxygen atoms in total. The van der Waals surface area contributed by atoms with Crippen molar-refractivity contribution in [3.05, 3.63) is 65.2 Å². The molecule has 0 saturated heterocycles. The topological polar surface area (TPSA) is 146 Å². The van der Waals surface area contributed by atoms with Gasteiger partial charge in [-0.05, 0) is 49.4 Å². The zero-order valence-electron chi connectivity index (χ0n) is 19.6. The first kappa shape index (κ1) is 26.6. The number of nitrogens with one attached hydrogen (secondary N) is 4. The smallest absolute Gasteiger partial charge is 0.388 e. The van der Waals surface area contributed by atoms with Crippen molar-refractivity contribution in [2.75, 3.05) is 22.5 Å². The van der Waals surface area contributed by atoms with Crippen molar-refractivity contribution in [1.29, 1.82) is 0 Å². The molecule has 0 fully saturated rings. The van der Waals surface area contributed by atoms with E-state index < -0.39 is 35.4 Å². The van der Waals surface area contributed by atoms with Crippen LogP contribution in [0, 0.1) is 0 Å². The standard InChI is InChI=1S/C23H20ClF3N8O3/c1-2-28-21(37)34-19-18-20(30-11-29-19)35(17(10-36)33-18)14-6-3-12(4-7-14)31-22(38)32-13-5-8-16(24)15(9-13)23(25,26)27/h3-9,11,36H,2,10H2,1H3,(H2,31,32,38)(H2,28,29,30,34,37). The molecule has 0 spiro atoms. The number of hydrogen-bond donors (Lipinski definition) is 5. The third-order valence-electron chi connectivity index (χ3n) is 5.14. The molecule has 0 saturated carbocycles. The summed E-state index contributed by atoms with van der Waals surface area (Å²) in [5, 5.41) is 19.4. The van der Waals surface area contributed by atoms with Crippen molar-refractivity contribution < 1.29 is 27.9 Å². The van der Waals surface area contributed by atoms with Crippen LogP contribution in [0.25, 0.3) is 16.9 Å². The SMILES string of the molecule is CCNC(=O)Nc1ncnc2c1nc(CO)n2-c1ccc(NC(=O)Nc2ccc(Cl)c(C(F)(F)F)c2)cc1. The van der Waals surface area contributed by atoms with Crippen molar-refractivity contribution >= 4 is 52.0 Å². The second-order valence-electron chi connectivity index (χ2n) is 7.72. The van der Waals surface area contributed by atoms with Gasteiger partial charge in [-0.2, -0.15) is 13.2 Å². The van der Waals surface area contributed by atoms with E-state index in [0.717, 1.165) is 12.1 Å². The second kappa shape index (κ2) is 10.9. The lowest BCUT2D eigenvalue weighted by atomic mass is 10.2. The molecule has 15 heteroatoms. The van der Waals surface area contributed by atoms with Gasteiger partial charge in [0.1, 0.15) is 18.8 Å². The molecule has 0 atom stereocenters. The lowest BCUT2D eigenvalue weighted by Gasteiger charge is -2.13. The maximum absolute atomic E-state index is 13.1. The van der Waals surface area contributed by atoms with Gasteiger partial charge in [-0.15, -0.1) is 0 Å². The van der Waals surface area contributed by atoms with Gasteiger partial charge in [0.25, 0.3) is 0 Å². The number of aliphatic hydroxyl groups is 1. The Morgan fingerprint density at radius 3 is 2.34 bits per heavy atom. The molecule has 198 valence electrons. The fourth-order valence-electron chi connectivity index (χ4n) is 3.53. The predicted octanol–water partition coefficient (Wildman–Crippen LogP) is 4.77. The van der Waals surface area contributed by atoms with Gasteiger partial charge < -0.3 is 21.1 Å². The fourth-order valence-corrected chi connectivity index (χ4v) is 3.75. The first-order valence-electron chi connectivity index (χ1n) is 11.0. The molecule has 0 radical (unpaired) electrons. The zero-order chi connectivity index (χ0) is 27.4. The number of nitrogens with zero attached hydrogens (tertiary/aromatic N) is 4. The predicted molar refractivity (Wildman–Crippen MR) is 134 cm³/mol. The summed E-state index contributed by atoms with van der Waals surface area (Å²) in [5.41, 5.74) is 0.270. The number of rotatable bonds is 6. The number of fused-ring (bicyclic) bond motifs is 1. The number of anilines is 3. The number of urea groups is 2. The average molecular weight is 549 g/mol. The molecule has 0 aliphatic heterocycles. The first-order valence-corrected chi connectivity index (χ1v) is 11.4. The van der Waals surface area contributed by atoms with Crippen LogP contribution in [0.4, 0.5) is 40.0 Å². The van der Waals surface area contributed by atoms with Crippen molar-refractivity contribution in [3.63, 3.8) is 0 Å². The average Bonchev–Trinajstić information content (AvgIpc) is 3.25. The molecule has 38 heavy (non-hydrogen) atoms. The molecule has 0 unspecified atom stereocenters. The van der Waals surface area contributed by atoms with Gasteiger partial charge in [0.2, 0.25) is 0 Å². The number of aromatic nitrogens is 4. The summed E-state index contributed by atoms with van der Waals surface area (Å²) in [6, 6.07) is 8.09. The maximum Gasteiger partial charge on any atom is 0.417 e. The fraction of sp³-hybridized carbons (Fsp3) is 0.174. The van der Waals surface area contributed by atoms with Crippen LogP contribution in [0.15, 0.2) is 48.8 Å². The zero-order valence-corrected chi connectivity index (χ0v) is 20.4. The number of imidazole rings is 1. The highest BCUT2D eigenvalue weighted by atomic mass is 35.5. The Hall–Kier alpha value is -4.43. The largest absolute Gasteiger partial charge is 0.417 e. The van der Waals surface area contributed by atoms with Crippen LogP contribution < -0.4 is 21.3 Å². The van der Waals surface area contributed by atoms with E-state index >= 15 is 0 Å². The number of carbonyl (C=O) groups is 2.